The van der Waals surface area contributed by atoms with Crippen molar-refractivity contribution in [2.24, 2.45) is 17.6 Å². The highest BCUT2D eigenvalue weighted by molar-refractivity contribution is 4.74. The molecule has 0 bridgehead atoms. The van der Waals surface area contributed by atoms with Crippen LogP contribution in [-0.2, 0) is 0 Å². The van der Waals surface area contributed by atoms with Crippen LogP contribution in [-0.4, -0.2) is 31.1 Å². The van der Waals surface area contributed by atoms with Crippen LogP contribution in [0.2, 0.25) is 0 Å². The minimum absolute atomic E-state index is 0.730. The Hall–Kier alpha value is -0.0800. The summed E-state index contributed by atoms with van der Waals surface area (Å²) in [5, 5.41) is 0. The molecule has 0 spiro atoms. The van der Waals surface area contributed by atoms with E-state index in [0.717, 1.165) is 18.4 Å². The molecule has 1 saturated heterocycles. The van der Waals surface area contributed by atoms with Gasteiger partial charge in [0.25, 0.3) is 0 Å². The Kier molecular flexibility index (Phi) is 6.26. The van der Waals surface area contributed by atoms with Crippen LogP contribution in [0.15, 0.2) is 0 Å². The normalized spacial score (nSPS) is 21.8. The number of nitrogens with two attached hydrogens (primary N) is 1. The molecule has 15 heavy (non-hydrogen) atoms. The molecule has 1 aliphatic heterocycles. The van der Waals surface area contributed by atoms with Crippen molar-refractivity contribution >= 4 is 0 Å². The molecule has 1 atom stereocenters. The third-order valence-corrected chi connectivity index (χ3v) is 3.83. The zero-order valence-corrected chi connectivity index (χ0v) is 10.5. The number of rotatable bonds is 6. The molecule has 2 nitrogen and oxygen atoms in total. The first kappa shape index (κ1) is 13.0. The molecule has 1 heterocycles. The third kappa shape index (κ3) is 4.52. The summed E-state index contributed by atoms with van der Waals surface area (Å²) in [6.45, 7) is 9.28. The average molecular weight is 212 g/mol. The minimum atomic E-state index is 0.730. The first-order valence-corrected chi connectivity index (χ1v) is 6.72. The fourth-order valence-corrected chi connectivity index (χ4v) is 2.63. The lowest BCUT2D eigenvalue weighted by molar-refractivity contribution is 0.156. The molecule has 0 amide bonds. The van der Waals surface area contributed by atoms with Crippen molar-refractivity contribution in [2.45, 2.75) is 46.0 Å². The van der Waals surface area contributed by atoms with Gasteiger partial charge in [-0.3, -0.25) is 0 Å². The summed E-state index contributed by atoms with van der Waals surface area (Å²) in [6, 6.07) is 0. The second kappa shape index (κ2) is 7.24. The second-order valence-corrected chi connectivity index (χ2v) is 5.04. The summed E-state index contributed by atoms with van der Waals surface area (Å²) in [6.07, 6.45) is 6.74. The Morgan fingerprint density at radius 2 is 1.93 bits per heavy atom. The predicted molar refractivity (Wildman–Crippen MR) is 66.9 cm³/mol. The molecule has 0 aromatic carbocycles. The summed E-state index contributed by atoms with van der Waals surface area (Å²) in [5.74, 6) is 1.72. The van der Waals surface area contributed by atoms with E-state index in [1.807, 2.05) is 0 Å². The Labute approximate surface area is 95.2 Å². The Morgan fingerprint density at radius 1 is 1.27 bits per heavy atom. The van der Waals surface area contributed by atoms with Crippen molar-refractivity contribution in [1.29, 1.82) is 0 Å². The highest BCUT2D eigenvalue weighted by atomic mass is 15.1. The maximum Gasteiger partial charge on any atom is 0.00217 e. The maximum absolute atomic E-state index is 5.80. The first-order chi connectivity index (χ1) is 7.30. The fraction of sp³-hybridized carbons (Fsp3) is 1.00. The molecule has 1 rings (SSSR count). The lowest BCUT2D eigenvalue weighted by atomic mass is 9.93. The summed E-state index contributed by atoms with van der Waals surface area (Å²) < 4.78 is 0. The van der Waals surface area contributed by atoms with Gasteiger partial charge in [0.2, 0.25) is 0 Å². The molecule has 0 saturated carbocycles. The summed E-state index contributed by atoms with van der Waals surface area (Å²) in [4.78, 5) is 2.62. The molecular weight excluding hydrogens is 184 g/mol. The Bertz CT molecular complexity index is 151. The van der Waals surface area contributed by atoms with E-state index >= 15 is 0 Å². The topological polar surface area (TPSA) is 29.3 Å². The largest absolute Gasteiger partial charge is 0.330 e. The van der Waals surface area contributed by atoms with E-state index in [1.165, 1.54) is 51.7 Å². The van der Waals surface area contributed by atoms with Gasteiger partial charge >= 0.3 is 0 Å². The maximum atomic E-state index is 5.80. The van der Waals surface area contributed by atoms with Crippen LogP contribution in [0.3, 0.4) is 0 Å². The van der Waals surface area contributed by atoms with Crippen LogP contribution in [0.1, 0.15) is 46.0 Å². The van der Waals surface area contributed by atoms with Crippen LogP contribution in [0.25, 0.3) is 0 Å². The van der Waals surface area contributed by atoms with Crippen molar-refractivity contribution in [1.82, 2.24) is 4.90 Å². The number of hydrogen-bond acceptors (Lipinski definition) is 2. The van der Waals surface area contributed by atoms with E-state index in [9.17, 15) is 0 Å². The zero-order chi connectivity index (χ0) is 11.1. The summed E-state index contributed by atoms with van der Waals surface area (Å²) in [5.41, 5.74) is 5.80. The van der Waals surface area contributed by atoms with Gasteiger partial charge < -0.3 is 10.6 Å². The number of nitrogens with zero attached hydrogens (tertiary/aromatic N) is 1. The lowest BCUT2D eigenvalue weighted by Crippen LogP contribution is -2.38. The molecule has 2 heteroatoms. The van der Waals surface area contributed by atoms with Gasteiger partial charge in [0.05, 0.1) is 0 Å². The Balaban J connectivity index is 2.21. The van der Waals surface area contributed by atoms with E-state index in [4.69, 9.17) is 5.73 Å². The van der Waals surface area contributed by atoms with Crippen LogP contribution >= 0.6 is 0 Å². The fourth-order valence-electron chi connectivity index (χ4n) is 2.63. The van der Waals surface area contributed by atoms with Gasteiger partial charge in [0.15, 0.2) is 0 Å². The monoisotopic (exact) mass is 212 g/mol. The number of piperidine rings is 1. The van der Waals surface area contributed by atoms with Crippen molar-refractivity contribution in [3.8, 4) is 0 Å². The molecular formula is C13H28N2. The molecule has 2 N–H and O–H groups in total. The molecule has 1 unspecified atom stereocenters. The SMILES string of the molecule is CCCC(CN)CN1CCC(CC)CC1. The highest BCUT2D eigenvalue weighted by Crippen LogP contribution is 2.21. The second-order valence-electron chi connectivity index (χ2n) is 5.04. The average Bonchev–Trinajstić information content (AvgIpc) is 2.29. The van der Waals surface area contributed by atoms with Gasteiger partial charge in [-0.2, -0.15) is 0 Å². The third-order valence-electron chi connectivity index (χ3n) is 3.83. The van der Waals surface area contributed by atoms with E-state index in [0.29, 0.717) is 0 Å². The summed E-state index contributed by atoms with van der Waals surface area (Å²) >= 11 is 0. The van der Waals surface area contributed by atoms with Gasteiger partial charge in [0, 0.05) is 6.54 Å². The molecule has 1 fully saturated rings. The van der Waals surface area contributed by atoms with Crippen molar-refractivity contribution in [3.63, 3.8) is 0 Å². The van der Waals surface area contributed by atoms with Gasteiger partial charge in [0.1, 0.15) is 0 Å². The number of hydrogen-bond donors (Lipinski definition) is 1. The van der Waals surface area contributed by atoms with Crippen LogP contribution < -0.4 is 5.73 Å². The van der Waals surface area contributed by atoms with E-state index < -0.39 is 0 Å². The zero-order valence-electron chi connectivity index (χ0n) is 10.5. The quantitative estimate of drug-likeness (QED) is 0.733. The van der Waals surface area contributed by atoms with Crippen molar-refractivity contribution < 1.29 is 0 Å². The first-order valence-electron chi connectivity index (χ1n) is 6.72. The van der Waals surface area contributed by atoms with Gasteiger partial charge in [-0.15, -0.1) is 0 Å². The highest BCUT2D eigenvalue weighted by Gasteiger charge is 2.19. The smallest absolute Gasteiger partial charge is 0.00217 e. The van der Waals surface area contributed by atoms with Crippen LogP contribution in [0.5, 0.6) is 0 Å². The molecule has 1 aliphatic rings. The van der Waals surface area contributed by atoms with Gasteiger partial charge in [-0.1, -0.05) is 26.7 Å². The van der Waals surface area contributed by atoms with E-state index in [-0.39, 0.29) is 0 Å². The lowest BCUT2D eigenvalue weighted by Gasteiger charge is -2.33. The van der Waals surface area contributed by atoms with E-state index in [2.05, 4.69) is 18.7 Å². The standard InChI is InChI=1S/C13H28N2/c1-3-5-13(10-14)11-15-8-6-12(4-2)7-9-15/h12-13H,3-11,14H2,1-2H3. The van der Waals surface area contributed by atoms with Crippen molar-refractivity contribution in [3.05, 3.63) is 0 Å². The molecule has 0 aromatic rings. The van der Waals surface area contributed by atoms with Crippen LogP contribution in [0, 0.1) is 11.8 Å². The van der Waals surface area contributed by atoms with Gasteiger partial charge in [-0.05, 0) is 50.7 Å². The number of likely N-dealkylation sites (tertiary alicyclic amines) is 1. The molecule has 90 valence electrons. The Morgan fingerprint density at radius 3 is 2.40 bits per heavy atom. The molecule has 0 radical (unpaired) electrons. The van der Waals surface area contributed by atoms with Gasteiger partial charge in [-0.25, -0.2) is 0 Å². The minimum Gasteiger partial charge on any atom is -0.330 e. The summed E-state index contributed by atoms with van der Waals surface area (Å²) in [7, 11) is 0. The van der Waals surface area contributed by atoms with Crippen LogP contribution in [0.4, 0.5) is 0 Å². The molecule has 0 aromatic heterocycles. The predicted octanol–water partition coefficient (Wildman–Crippen LogP) is 2.48. The van der Waals surface area contributed by atoms with E-state index in [1.54, 1.807) is 0 Å². The molecule has 0 aliphatic carbocycles. The van der Waals surface area contributed by atoms with Crippen molar-refractivity contribution in [2.75, 3.05) is 26.2 Å².